The van der Waals surface area contributed by atoms with E-state index in [0.29, 0.717) is 61.9 Å². The molecule has 8 rings (SSSR count). The molecular weight excluding hydrogens is 622 g/mol. The number of fused-ring (bicyclic) bond motifs is 2. The molecule has 1 saturated heterocycles. The first-order valence-corrected chi connectivity index (χ1v) is 18.4. The van der Waals surface area contributed by atoms with Crippen LogP contribution in [-0.4, -0.2) is 101 Å². The third-order valence-electron chi connectivity index (χ3n) is 14.6. The van der Waals surface area contributed by atoms with E-state index in [1.165, 1.54) is 0 Å². The summed E-state index contributed by atoms with van der Waals surface area (Å²) in [4.78, 5) is 30.3. The molecule has 2 aromatic carbocycles. The molecule has 1 heterocycles. The van der Waals surface area contributed by atoms with Crippen molar-refractivity contribution in [3.05, 3.63) is 70.8 Å². The van der Waals surface area contributed by atoms with E-state index in [1.807, 2.05) is 42.5 Å². The molecule has 3 N–H and O–H groups in total. The van der Waals surface area contributed by atoms with Gasteiger partial charge in [-0.2, -0.15) is 0 Å². The molecule has 6 aliphatic rings. The maximum atomic E-state index is 14.5. The molecule has 6 fully saturated rings. The van der Waals surface area contributed by atoms with Crippen molar-refractivity contribution in [2.45, 2.75) is 93.8 Å². The SMILES string of the molecule is CCc1ccc(C(=O)Cc2ccccc2C(=O)O[C@@]23CC[C@H](CO)[C@]45C([C@H](CC24)[C@@]2(O)C[C@H](OC)[C@H]4CC5[C@]2(O)[C@H]4OC)N(CC)C3)cc1. The monoisotopic (exact) mass is 673 g/mol. The number of Topliss-reactive ketones (excluding diaryl/α,β-unsaturated/α-hetero) is 1. The molecule has 5 aliphatic carbocycles. The maximum Gasteiger partial charge on any atom is 0.339 e. The van der Waals surface area contributed by atoms with Crippen molar-refractivity contribution in [3.63, 3.8) is 0 Å². The summed E-state index contributed by atoms with van der Waals surface area (Å²) in [6, 6.07) is 14.8. The van der Waals surface area contributed by atoms with Crippen molar-refractivity contribution in [1.82, 2.24) is 4.90 Å². The third-order valence-corrected chi connectivity index (χ3v) is 14.6. The van der Waals surface area contributed by atoms with Crippen molar-refractivity contribution in [1.29, 1.82) is 0 Å². The van der Waals surface area contributed by atoms with Crippen LogP contribution >= 0.6 is 0 Å². The second-order valence-electron chi connectivity index (χ2n) is 15.9. The molecule has 9 nitrogen and oxygen atoms in total. The highest BCUT2D eigenvalue weighted by atomic mass is 16.6. The summed E-state index contributed by atoms with van der Waals surface area (Å²) in [5, 5.41) is 37.0. The molecule has 0 radical (unpaired) electrons. The number of piperidine rings is 1. The number of carbonyl (C=O) groups excluding carboxylic acids is 2. The Kier molecular flexibility index (Phi) is 7.98. The first kappa shape index (κ1) is 33.5. The molecule has 1 aliphatic heterocycles. The van der Waals surface area contributed by atoms with Gasteiger partial charge in [-0.05, 0) is 61.8 Å². The zero-order valence-electron chi connectivity index (χ0n) is 29.1. The zero-order valence-corrected chi connectivity index (χ0v) is 29.1. The van der Waals surface area contributed by atoms with Gasteiger partial charge in [0.05, 0.1) is 17.8 Å². The Hall–Kier alpha value is -2.66. The van der Waals surface area contributed by atoms with Crippen LogP contribution in [0.3, 0.4) is 0 Å². The van der Waals surface area contributed by atoms with Gasteiger partial charge in [0.15, 0.2) is 5.78 Å². The molecule has 0 aromatic heterocycles. The van der Waals surface area contributed by atoms with Crippen LogP contribution in [0.15, 0.2) is 48.5 Å². The van der Waals surface area contributed by atoms with Crippen molar-refractivity contribution in [2.24, 2.45) is 35.0 Å². The molecular formula is C40H51NO8. The number of hydrogen-bond donors (Lipinski definition) is 3. The number of likely N-dealkylation sites (tertiary alicyclic amines) is 1. The van der Waals surface area contributed by atoms with Gasteiger partial charge < -0.3 is 29.5 Å². The fourth-order valence-electron chi connectivity index (χ4n) is 12.9. The van der Waals surface area contributed by atoms with Crippen LogP contribution in [-0.2, 0) is 27.1 Å². The lowest BCUT2D eigenvalue weighted by Gasteiger charge is -2.71. The molecule has 264 valence electrons. The van der Waals surface area contributed by atoms with E-state index in [9.17, 15) is 24.9 Å². The lowest BCUT2D eigenvalue weighted by atomic mass is 9.42. The topological polar surface area (TPSA) is 126 Å². The average Bonchev–Trinajstić information content (AvgIpc) is 3.54. The number of benzene rings is 2. The van der Waals surface area contributed by atoms with E-state index in [-0.39, 0.29) is 60.5 Å². The van der Waals surface area contributed by atoms with Crippen LogP contribution in [0.2, 0.25) is 0 Å². The Morgan fingerprint density at radius 3 is 2.41 bits per heavy atom. The number of aliphatic hydroxyl groups is 3. The Morgan fingerprint density at radius 1 is 0.980 bits per heavy atom. The number of esters is 1. The van der Waals surface area contributed by atoms with Gasteiger partial charge >= 0.3 is 5.97 Å². The number of rotatable bonds is 10. The molecule has 0 amide bonds. The summed E-state index contributed by atoms with van der Waals surface area (Å²) in [5.41, 5.74) is -1.68. The lowest BCUT2D eigenvalue weighted by molar-refractivity contribution is -0.333. The summed E-state index contributed by atoms with van der Waals surface area (Å²) in [6.07, 6.45) is 2.85. The molecule has 49 heavy (non-hydrogen) atoms. The Labute approximate surface area is 288 Å². The Morgan fingerprint density at radius 2 is 1.73 bits per heavy atom. The van der Waals surface area contributed by atoms with E-state index in [1.54, 1.807) is 20.3 Å². The molecule has 2 aromatic rings. The highest BCUT2D eigenvalue weighted by Crippen LogP contribution is 2.80. The maximum absolute atomic E-state index is 14.5. The molecule has 3 unspecified atom stereocenters. The van der Waals surface area contributed by atoms with Crippen molar-refractivity contribution < 1.29 is 39.1 Å². The van der Waals surface area contributed by atoms with E-state index >= 15 is 0 Å². The third kappa shape index (κ3) is 4.20. The number of carbonyl (C=O) groups is 2. The van der Waals surface area contributed by atoms with E-state index in [0.717, 1.165) is 12.0 Å². The van der Waals surface area contributed by atoms with Gasteiger partial charge in [0, 0.05) is 80.9 Å². The van der Waals surface area contributed by atoms with Crippen LogP contribution in [0.1, 0.15) is 77.8 Å². The minimum Gasteiger partial charge on any atom is -0.454 e. The van der Waals surface area contributed by atoms with Crippen LogP contribution in [0.4, 0.5) is 0 Å². The average molecular weight is 674 g/mol. The lowest BCUT2D eigenvalue weighted by Crippen LogP contribution is -2.82. The summed E-state index contributed by atoms with van der Waals surface area (Å²) in [6.45, 7) is 5.36. The second kappa shape index (κ2) is 11.7. The van der Waals surface area contributed by atoms with Gasteiger partial charge in [-0.3, -0.25) is 9.69 Å². The number of methoxy groups -OCH3 is 2. The minimum absolute atomic E-state index is 0.0352. The van der Waals surface area contributed by atoms with Crippen LogP contribution in [0.25, 0.3) is 0 Å². The van der Waals surface area contributed by atoms with E-state index < -0.39 is 34.3 Å². The van der Waals surface area contributed by atoms with Gasteiger partial charge in [0.25, 0.3) is 0 Å². The summed E-state index contributed by atoms with van der Waals surface area (Å²) >= 11 is 0. The molecule has 1 spiro atoms. The number of aliphatic hydroxyl groups excluding tert-OH is 1. The fourth-order valence-corrected chi connectivity index (χ4v) is 12.9. The Balaban J connectivity index is 1.18. The van der Waals surface area contributed by atoms with Gasteiger partial charge in [0.1, 0.15) is 16.8 Å². The first-order chi connectivity index (χ1) is 23.6. The second-order valence-corrected chi connectivity index (χ2v) is 15.9. The van der Waals surface area contributed by atoms with Gasteiger partial charge in [0.2, 0.25) is 0 Å². The summed E-state index contributed by atoms with van der Waals surface area (Å²) < 4.78 is 18.9. The number of aryl methyl sites for hydroxylation is 1. The molecule has 5 saturated carbocycles. The number of hydrogen-bond acceptors (Lipinski definition) is 9. The number of ketones is 1. The number of nitrogens with zero attached hydrogens (tertiary/aromatic N) is 1. The standard InChI is InChI=1S/C40H51NO8/c1-5-23-11-13-24(14-12-23)30(43)17-25-9-7-8-10-27(25)36(44)49-37-16-15-26(21-42)39-32(37)19-29(34(39)41(6-2)22-37)38(45)20-31(47-3)28-18-33(39)40(38,46)35(28)48-4/h7-14,26,28-29,31-35,42,45-46H,5-6,15-22H2,1-4H3/t26-,28-,29+,31+,32?,33?,34?,35+,37-,38+,39+,40+/m1/s1. The van der Waals surface area contributed by atoms with Crippen LogP contribution < -0.4 is 0 Å². The van der Waals surface area contributed by atoms with Crippen molar-refractivity contribution in [2.75, 3.05) is 33.9 Å². The minimum atomic E-state index is -1.52. The summed E-state index contributed by atoms with van der Waals surface area (Å²) in [7, 11) is 3.29. The van der Waals surface area contributed by atoms with Gasteiger partial charge in [-0.1, -0.05) is 56.3 Å². The van der Waals surface area contributed by atoms with E-state index in [2.05, 4.69) is 18.7 Å². The predicted molar refractivity (Wildman–Crippen MR) is 181 cm³/mol. The van der Waals surface area contributed by atoms with Crippen molar-refractivity contribution >= 4 is 11.8 Å². The highest BCUT2D eigenvalue weighted by Gasteiger charge is 2.88. The van der Waals surface area contributed by atoms with Gasteiger partial charge in [-0.15, -0.1) is 0 Å². The smallest absolute Gasteiger partial charge is 0.339 e. The molecule has 9 heteroatoms. The van der Waals surface area contributed by atoms with E-state index in [4.69, 9.17) is 14.2 Å². The normalized spacial score (nSPS) is 43.0. The zero-order chi connectivity index (χ0) is 34.5. The first-order valence-electron chi connectivity index (χ1n) is 18.4. The van der Waals surface area contributed by atoms with Crippen LogP contribution in [0.5, 0.6) is 0 Å². The highest BCUT2D eigenvalue weighted by molar-refractivity contribution is 6.00. The quantitative estimate of drug-likeness (QED) is 0.255. The van der Waals surface area contributed by atoms with Gasteiger partial charge in [-0.25, -0.2) is 4.79 Å². The molecule has 12 atom stereocenters. The Bertz CT molecular complexity index is 1630. The fraction of sp³-hybridized carbons (Fsp3) is 0.650. The summed E-state index contributed by atoms with van der Waals surface area (Å²) in [5.74, 6) is -1.59. The van der Waals surface area contributed by atoms with Crippen molar-refractivity contribution in [3.8, 4) is 0 Å². The van der Waals surface area contributed by atoms with Crippen LogP contribution in [0, 0.1) is 35.0 Å². The largest absolute Gasteiger partial charge is 0.454 e. The number of likely N-dealkylation sites (N-methyl/N-ethyl adjacent to an activating group) is 1. The predicted octanol–water partition coefficient (Wildman–Crippen LogP) is 3.84. The molecule has 7 bridgehead atoms. The number of ether oxygens (including phenoxy) is 3.